The monoisotopic (exact) mass is 253 g/mol. The first-order valence-corrected chi connectivity index (χ1v) is 7.91. The third-order valence-electron chi connectivity index (χ3n) is 2.99. The van der Waals surface area contributed by atoms with E-state index in [1.165, 1.54) is 6.42 Å². The maximum Gasteiger partial charge on any atom is 0.151 e. The fourth-order valence-electron chi connectivity index (χ4n) is 1.85. The summed E-state index contributed by atoms with van der Waals surface area (Å²) < 4.78 is 22.9. The Balaban J connectivity index is 2.26. The summed E-state index contributed by atoms with van der Waals surface area (Å²) in [6.07, 6.45) is 4.04. The van der Waals surface area contributed by atoms with Crippen molar-refractivity contribution in [1.29, 1.82) is 0 Å². The van der Waals surface area contributed by atoms with Gasteiger partial charge in [0.2, 0.25) is 0 Å². The van der Waals surface area contributed by atoms with Gasteiger partial charge in [-0.15, -0.1) is 11.6 Å². The highest BCUT2D eigenvalue weighted by atomic mass is 35.5. The van der Waals surface area contributed by atoms with Crippen LogP contribution < -0.4 is 5.32 Å². The van der Waals surface area contributed by atoms with E-state index in [0.717, 1.165) is 12.8 Å². The molecule has 0 radical (unpaired) electrons. The van der Waals surface area contributed by atoms with Gasteiger partial charge in [0.15, 0.2) is 9.84 Å². The van der Waals surface area contributed by atoms with Gasteiger partial charge in [0.25, 0.3) is 0 Å². The lowest BCUT2D eigenvalue weighted by molar-refractivity contribution is 0.218. The first-order chi connectivity index (χ1) is 7.04. The maximum atomic E-state index is 11.4. The van der Waals surface area contributed by atoms with Crippen molar-refractivity contribution in [2.45, 2.75) is 38.1 Å². The standard InChI is InChI=1S/C10H20ClNO2S/c1-2-7-15(13,14)8-6-12-10(9-11)4-3-5-10/h12H,2-9H2,1H3. The zero-order chi connectivity index (χ0) is 11.4. The predicted octanol–water partition coefficient (Wildman–Crippen LogP) is 1.56. The highest BCUT2D eigenvalue weighted by Gasteiger charge is 2.35. The van der Waals surface area contributed by atoms with Gasteiger partial charge in [-0.05, 0) is 25.7 Å². The Morgan fingerprint density at radius 1 is 1.33 bits per heavy atom. The van der Waals surface area contributed by atoms with Gasteiger partial charge in [-0.2, -0.15) is 0 Å². The van der Waals surface area contributed by atoms with Crippen molar-refractivity contribution in [2.24, 2.45) is 0 Å². The summed E-state index contributed by atoms with van der Waals surface area (Å²) in [6, 6.07) is 0. The Kier molecular flexibility index (Phi) is 4.87. The molecule has 90 valence electrons. The van der Waals surface area contributed by atoms with Crippen LogP contribution in [0.1, 0.15) is 32.6 Å². The van der Waals surface area contributed by atoms with E-state index in [4.69, 9.17) is 11.6 Å². The van der Waals surface area contributed by atoms with Crippen LogP contribution in [-0.4, -0.2) is 37.9 Å². The molecular weight excluding hydrogens is 234 g/mol. The first-order valence-electron chi connectivity index (χ1n) is 5.55. The number of alkyl halides is 1. The molecule has 5 heteroatoms. The van der Waals surface area contributed by atoms with Crippen molar-refractivity contribution < 1.29 is 8.42 Å². The normalized spacial score (nSPS) is 19.9. The highest BCUT2D eigenvalue weighted by Crippen LogP contribution is 2.32. The molecule has 1 saturated carbocycles. The van der Waals surface area contributed by atoms with Gasteiger partial charge in [-0.3, -0.25) is 0 Å². The Morgan fingerprint density at radius 3 is 2.40 bits per heavy atom. The van der Waals surface area contributed by atoms with Crippen LogP contribution in [0, 0.1) is 0 Å². The van der Waals surface area contributed by atoms with Gasteiger partial charge in [0.1, 0.15) is 0 Å². The second-order valence-electron chi connectivity index (χ2n) is 4.35. The fraction of sp³-hybridized carbons (Fsp3) is 1.00. The van der Waals surface area contributed by atoms with Crippen LogP contribution in [0.15, 0.2) is 0 Å². The summed E-state index contributed by atoms with van der Waals surface area (Å²) >= 11 is 5.86. The number of hydrogen-bond donors (Lipinski definition) is 1. The molecule has 15 heavy (non-hydrogen) atoms. The number of sulfone groups is 1. The van der Waals surface area contributed by atoms with Crippen molar-refractivity contribution in [2.75, 3.05) is 23.9 Å². The molecule has 0 heterocycles. The number of nitrogens with one attached hydrogen (secondary N) is 1. The first kappa shape index (κ1) is 13.3. The van der Waals surface area contributed by atoms with Crippen molar-refractivity contribution in [1.82, 2.24) is 5.32 Å². The Bertz CT molecular complexity index is 280. The van der Waals surface area contributed by atoms with Crippen LogP contribution in [0.25, 0.3) is 0 Å². The van der Waals surface area contributed by atoms with E-state index >= 15 is 0 Å². The largest absolute Gasteiger partial charge is 0.309 e. The van der Waals surface area contributed by atoms with Gasteiger partial charge >= 0.3 is 0 Å². The third kappa shape index (κ3) is 3.93. The minimum Gasteiger partial charge on any atom is -0.309 e. The molecule has 1 fully saturated rings. The lowest BCUT2D eigenvalue weighted by atomic mass is 9.78. The van der Waals surface area contributed by atoms with Crippen LogP contribution in [0.2, 0.25) is 0 Å². The molecule has 3 nitrogen and oxygen atoms in total. The van der Waals surface area contributed by atoms with Crippen molar-refractivity contribution in [3.8, 4) is 0 Å². The molecule has 0 aromatic rings. The molecule has 1 N–H and O–H groups in total. The number of hydrogen-bond acceptors (Lipinski definition) is 3. The van der Waals surface area contributed by atoms with Gasteiger partial charge in [-0.1, -0.05) is 6.92 Å². The molecule has 0 unspecified atom stereocenters. The summed E-state index contributed by atoms with van der Waals surface area (Å²) in [5.41, 5.74) is 0.0310. The second-order valence-corrected chi connectivity index (χ2v) is 6.92. The van der Waals surface area contributed by atoms with Crippen molar-refractivity contribution in [3.63, 3.8) is 0 Å². The summed E-state index contributed by atoms with van der Waals surface area (Å²) in [5.74, 6) is 1.11. The van der Waals surface area contributed by atoms with E-state index in [0.29, 0.717) is 24.6 Å². The molecule has 0 amide bonds. The second kappa shape index (κ2) is 5.51. The van der Waals surface area contributed by atoms with E-state index < -0.39 is 9.84 Å². The van der Waals surface area contributed by atoms with Crippen molar-refractivity contribution in [3.05, 3.63) is 0 Å². The number of halogens is 1. The van der Waals surface area contributed by atoms with Gasteiger partial charge in [0, 0.05) is 23.7 Å². The maximum absolute atomic E-state index is 11.4. The lowest BCUT2D eigenvalue weighted by Crippen LogP contribution is -2.53. The zero-order valence-electron chi connectivity index (χ0n) is 9.26. The quantitative estimate of drug-likeness (QED) is 0.701. The van der Waals surface area contributed by atoms with E-state index in [1.807, 2.05) is 6.92 Å². The van der Waals surface area contributed by atoms with E-state index in [-0.39, 0.29) is 11.3 Å². The van der Waals surface area contributed by atoms with Crippen LogP contribution >= 0.6 is 11.6 Å². The van der Waals surface area contributed by atoms with Gasteiger partial charge < -0.3 is 5.32 Å². The molecule has 1 aliphatic rings. The molecule has 0 saturated heterocycles. The van der Waals surface area contributed by atoms with Gasteiger partial charge in [0.05, 0.1) is 5.75 Å². The number of rotatable bonds is 7. The molecule has 0 bridgehead atoms. The van der Waals surface area contributed by atoms with Crippen LogP contribution in [0.4, 0.5) is 0 Å². The lowest BCUT2D eigenvalue weighted by Gasteiger charge is -2.41. The molecule has 0 aromatic heterocycles. The average Bonchev–Trinajstić information content (AvgIpc) is 2.09. The summed E-state index contributed by atoms with van der Waals surface area (Å²) in [7, 11) is -2.85. The van der Waals surface area contributed by atoms with E-state index in [1.54, 1.807) is 0 Å². The molecular formula is C10H20ClNO2S. The summed E-state index contributed by atoms with van der Waals surface area (Å²) in [6.45, 7) is 2.42. The highest BCUT2D eigenvalue weighted by molar-refractivity contribution is 7.91. The molecule has 0 aromatic carbocycles. The smallest absolute Gasteiger partial charge is 0.151 e. The SMILES string of the molecule is CCCS(=O)(=O)CCNC1(CCl)CCC1. The average molecular weight is 254 g/mol. The minimum absolute atomic E-state index is 0.0310. The summed E-state index contributed by atoms with van der Waals surface area (Å²) in [4.78, 5) is 0. The molecule has 1 aliphatic carbocycles. The predicted molar refractivity (Wildman–Crippen MR) is 64.2 cm³/mol. The Labute approximate surface area is 97.5 Å². The van der Waals surface area contributed by atoms with E-state index in [2.05, 4.69) is 5.32 Å². The molecule has 0 aliphatic heterocycles. The Hall–Kier alpha value is 0.200. The molecule has 1 rings (SSSR count). The third-order valence-corrected chi connectivity index (χ3v) is 5.36. The topological polar surface area (TPSA) is 46.2 Å². The van der Waals surface area contributed by atoms with Crippen LogP contribution in [0.5, 0.6) is 0 Å². The van der Waals surface area contributed by atoms with E-state index in [9.17, 15) is 8.42 Å². The fourth-order valence-corrected chi connectivity index (χ4v) is 3.45. The summed E-state index contributed by atoms with van der Waals surface area (Å²) in [5, 5.41) is 3.29. The van der Waals surface area contributed by atoms with Crippen LogP contribution in [-0.2, 0) is 9.84 Å². The minimum atomic E-state index is -2.85. The molecule has 0 spiro atoms. The Morgan fingerprint density at radius 2 is 2.00 bits per heavy atom. The zero-order valence-corrected chi connectivity index (χ0v) is 10.8. The molecule has 0 atom stereocenters. The van der Waals surface area contributed by atoms with Gasteiger partial charge in [-0.25, -0.2) is 8.42 Å². The van der Waals surface area contributed by atoms with Crippen LogP contribution in [0.3, 0.4) is 0 Å². The van der Waals surface area contributed by atoms with Crippen molar-refractivity contribution >= 4 is 21.4 Å².